The van der Waals surface area contributed by atoms with Crippen molar-refractivity contribution in [2.24, 2.45) is 5.73 Å². The quantitative estimate of drug-likeness (QED) is 0.586. The van der Waals surface area contributed by atoms with Crippen LogP contribution in [0.2, 0.25) is 0 Å². The van der Waals surface area contributed by atoms with Gasteiger partial charge in [-0.05, 0) is 42.2 Å². The fraction of sp³-hybridized carbons (Fsp3) is 0.375. The Morgan fingerprint density at radius 1 is 1.00 bits per heavy atom. The molecule has 1 saturated heterocycles. The van der Waals surface area contributed by atoms with Gasteiger partial charge in [0.2, 0.25) is 11.8 Å². The fourth-order valence-electron chi connectivity index (χ4n) is 3.76. The summed E-state index contributed by atoms with van der Waals surface area (Å²) < 4.78 is 0. The number of piperazine rings is 1. The van der Waals surface area contributed by atoms with Crippen LogP contribution in [0.5, 0.6) is 0 Å². The van der Waals surface area contributed by atoms with Gasteiger partial charge in [-0.1, -0.05) is 37.3 Å². The van der Waals surface area contributed by atoms with E-state index in [1.54, 1.807) is 23.1 Å². The lowest BCUT2D eigenvalue weighted by molar-refractivity contribution is -0.117. The van der Waals surface area contributed by atoms with Crippen molar-refractivity contribution in [1.29, 1.82) is 0 Å². The minimum absolute atomic E-state index is 0.0398. The molecule has 0 atom stereocenters. The van der Waals surface area contributed by atoms with Gasteiger partial charge in [-0.2, -0.15) is 0 Å². The van der Waals surface area contributed by atoms with Crippen molar-refractivity contribution < 1.29 is 14.4 Å². The highest BCUT2D eigenvalue weighted by Gasteiger charge is 2.22. The fourth-order valence-corrected chi connectivity index (χ4v) is 3.76. The van der Waals surface area contributed by atoms with E-state index < -0.39 is 5.91 Å². The van der Waals surface area contributed by atoms with Crippen LogP contribution in [0, 0.1) is 0 Å². The average Bonchev–Trinajstić information content (AvgIpc) is 2.80. The van der Waals surface area contributed by atoms with E-state index in [9.17, 15) is 14.4 Å². The Labute approximate surface area is 188 Å². The number of amides is 4. The van der Waals surface area contributed by atoms with Crippen molar-refractivity contribution in [3.8, 4) is 0 Å². The second-order valence-electron chi connectivity index (χ2n) is 7.87. The summed E-state index contributed by atoms with van der Waals surface area (Å²) in [5, 5.41) is 5.92. The van der Waals surface area contributed by atoms with Crippen LogP contribution in [0.4, 0.5) is 10.5 Å². The van der Waals surface area contributed by atoms with Crippen molar-refractivity contribution in [1.82, 2.24) is 15.1 Å². The van der Waals surface area contributed by atoms with E-state index in [1.165, 1.54) is 0 Å². The van der Waals surface area contributed by atoms with Gasteiger partial charge in [-0.25, -0.2) is 4.79 Å². The molecule has 0 aromatic heterocycles. The molecule has 1 aliphatic heterocycles. The van der Waals surface area contributed by atoms with Crippen molar-refractivity contribution in [3.05, 3.63) is 65.2 Å². The summed E-state index contributed by atoms with van der Waals surface area (Å²) in [5.74, 6) is -0.501. The number of hydrogen-bond donors (Lipinski definition) is 3. The maximum Gasteiger partial charge on any atom is 0.317 e. The van der Waals surface area contributed by atoms with E-state index in [1.807, 2.05) is 30.3 Å². The van der Waals surface area contributed by atoms with Crippen LogP contribution in [-0.4, -0.2) is 66.9 Å². The SMILES string of the molecule is CCc1ccccc1NC(=O)CN1CCN(C(=O)NCCc2cccc(C(N)=O)c2)CC1. The lowest BCUT2D eigenvalue weighted by Gasteiger charge is -2.34. The lowest BCUT2D eigenvalue weighted by atomic mass is 10.1. The Morgan fingerprint density at radius 3 is 2.47 bits per heavy atom. The first-order valence-corrected chi connectivity index (χ1v) is 11.0. The monoisotopic (exact) mass is 437 g/mol. The van der Waals surface area contributed by atoms with Crippen LogP contribution in [0.3, 0.4) is 0 Å². The molecule has 1 aliphatic rings. The predicted molar refractivity (Wildman–Crippen MR) is 125 cm³/mol. The zero-order chi connectivity index (χ0) is 22.9. The van der Waals surface area contributed by atoms with Gasteiger partial charge in [0.25, 0.3) is 0 Å². The summed E-state index contributed by atoms with van der Waals surface area (Å²) in [5.41, 5.74) is 8.69. The highest BCUT2D eigenvalue weighted by atomic mass is 16.2. The zero-order valence-corrected chi connectivity index (χ0v) is 18.5. The van der Waals surface area contributed by atoms with Gasteiger partial charge in [0.1, 0.15) is 0 Å². The Morgan fingerprint density at radius 2 is 1.75 bits per heavy atom. The summed E-state index contributed by atoms with van der Waals surface area (Å²) in [6.07, 6.45) is 1.48. The summed E-state index contributed by atoms with van der Waals surface area (Å²) in [7, 11) is 0. The maximum absolute atomic E-state index is 12.4. The van der Waals surface area contributed by atoms with Gasteiger partial charge in [-0.15, -0.1) is 0 Å². The van der Waals surface area contributed by atoms with Crippen LogP contribution in [0.15, 0.2) is 48.5 Å². The number of nitrogens with zero attached hydrogens (tertiary/aromatic N) is 2. The number of hydrogen-bond acceptors (Lipinski definition) is 4. The number of primary amides is 1. The molecule has 3 rings (SSSR count). The molecule has 0 bridgehead atoms. The Bertz CT molecular complexity index is 954. The molecule has 4 amide bonds. The number of aryl methyl sites for hydroxylation is 1. The molecule has 0 spiro atoms. The smallest absolute Gasteiger partial charge is 0.317 e. The van der Waals surface area contributed by atoms with E-state index in [4.69, 9.17) is 5.73 Å². The van der Waals surface area contributed by atoms with E-state index in [2.05, 4.69) is 22.5 Å². The number of nitrogens with two attached hydrogens (primary N) is 1. The van der Waals surface area contributed by atoms with Gasteiger partial charge in [0.05, 0.1) is 6.54 Å². The van der Waals surface area contributed by atoms with Crippen molar-refractivity contribution in [2.75, 3.05) is 44.6 Å². The first kappa shape index (κ1) is 23.3. The molecular formula is C24H31N5O3. The lowest BCUT2D eigenvalue weighted by Crippen LogP contribution is -2.53. The average molecular weight is 438 g/mol. The van der Waals surface area contributed by atoms with Crippen LogP contribution < -0.4 is 16.4 Å². The van der Waals surface area contributed by atoms with E-state index in [0.717, 1.165) is 23.2 Å². The second-order valence-corrected chi connectivity index (χ2v) is 7.87. The topological polar surface area (TPSA) is 108 Å². The van der Waals surface area contributed by atoms with Gasteiger partial charge in [0, 0.05) is 44.0 Å². The van der Waals surface area contributed by atoms with Crippen molar-refractivity contribution in [3.63, 3.8) is 0 Å². The zero-order valence-electron chi connectivity index (χ0n) is 18.5. The standard InChI is InChI=1S/C24H31N5O3/c1-2-19-7-3-4-9-21(19)27-22(30)17-28-12-14-29(15-13-28)24(32)26-11-10-18-6-5-8-20(16-18)23(25)31/h3-9,16H,2,10-15,17H2,1H3,(H2,25,31)(H,26,32)(H,27,30). The van der Waals surface area contributed by atoms with Crippen LogP contribution in [0.25, 0.3) is 0 Å². The maximum atomic E-state index is 12.4. The number of benzene rings is 2. The molecule has 0 radical (unpaired) electrons. The third-order valence-electron chi connectivity index (χ3n) is 5.60. The molecule has 1 heterocycles. The molecule has 0 aliphatic carbocycles. The molecule has 4 N–H and O–H groups in total. The van der Waals surface area contributed by atoms with E-state index >= 15 is 0 Å². The van der Waals surface area contributed by atoms with Crippen molar-refractivity contribution in [2.45, 2.75) is 19.8 Å². The molecule has 1 fully saturated rings. The van der Waals surface area contributed by atoms with Crippen LogP contribution in [0.1, 0.15) is 28.4 Å². The highest BCUT2D eigenvalue weighted by Crippen LogP contribution is 2.15. The predicted octanol–water partition coefficient (Wildman–Crippen LogP) is 1.86. The van der Waals surface area contributed by atoms with Gasteiger partial charge < -0.3 is 21.3 Å². The van der Waals surface area contributed by atoms with Crippen molar-refractivity contribution >= 4 is 23.5 Å². The van der Waals surface area contributed by atoms with Gasteiger partial charge in [-0.3, -0.25) is 14.5 Å². The number of para-hydroxylation sites is 1. The number of nitrogens with one attached hydrogen (secondary N) is 2. The number of urea groups is 1. The first-order chi connectivity index (χ1) is 15.5. The molecule has 2 aromatic rings. The molecule has 0 saturated carbocycles. The highest BCUT2D eigenvalue weighted by molar-refractivity contribution is 5.93. The van der Waals surface area contributed by atoms with Crippen LogP contribution in [-0.2, 0) is 17.6 Å². The number of carbonyl (C=O) groups is 3. The minimum atomic E-state index is -0.461. The summed E-state index contributed by atoms with van der Waals surface area (Å²) >= 11 is 0. The second kappa shape index (κ2) is 11.3. The van der Waals surface area contributed by atoms with Crippen LogP contribution >= 0.6 is 0 Å². The molecule has 2 aromatic carbocycles. The number of anilines is 1. The Kier molecular flexibility index (Phi) is 8.21. The Balaban J connectivity index is 1.38. The number of rotatable bonds is 8. The summed E-state index contributed by atoms with van der Waals surface area (Å²) in [6.45, 7) is 5.29. The van der Waals surface area contributed by atoms with Gasteiger partial charge in [0.15, 0.2) is 0 Å². The largest absolute Gasteiger partial charge is 0.366 e. The van der Waals surface area contributed by atoms with Gasteiger partial charge >= 0.3 is 6.03 Å². The van der Waals surface area contributed by atoms with E-state index in [-0.39, 0.29) is 11.9 Å². The molecule has 0 unspecified atom stereocenters. The summed E-state index contributed by atoms with van der Waals surface area (Å²) in [4.78, 5) is 40.0. The molecule has 8 heteroatoms. The summed E-state index contributed by atoms with van der Waals surface area (Å²) in [6, 6.07) is 14.8. The minimum Gasteiger partial charge on any atom is -0.366 e. The van der Waals surface area contributed by atoms with E-state index in [0.29, 0.717) is 51.3 Å². The Hall–Kier alpha value is -3.39. The normalized spacial score (nSPS) is 14.1. The first-order valence-electron chi connectivity index (χ1n) is 11.0. The molecule has 32 heavy (non-hydrogen) atoms. The molecule has 8 nitrogen and oxygen atoms in total. The molecule has 170 valence electrons. The third-order valence-corrected chi connectivity index (χ3v) is 5.60. The number of carbonyl (C=O) groups excluding carboxylic acids is 3. The third kappa shape index (κ3) is 6.55. The molecular weight excluding hydrogens is 406 g/mol.